The van der Waals surface area contributed by atoms with Gasteiger partial charge in [-0.1, -0.05) is 25.1 Å². The predicted octanol–water partition coefficient (Wildman–Crippen LogP) is 4.52. The number of aromatic nitrogens is 3. The zero-order chi connectivity index (χ0) is 25.1. The molecule has 36 heavy (non-hydrogen) atoms. The highest BCUT2D eigenvalue weighted by Crippen LogP contribution is 2.30. The Bertz CT molecular complexity index is 1370. The van der Waals surface area contributed by atoms with Crippen LogP contribution >= 0.6 is 0 Å². The summed E-state index contributed by atoms with van der Waals surface area (Å²) in [4.78, 5) is 26.4. The van der Waals surface area contributed by atoms with Crippen molar-refractivity contribution in [2.75, 3.05) is 23.7 Å². The van der Waals surface area contributed by atoms with Gasteiger partial charge < -0.3 is 19.6 Å². The lowest BCUT2D eigenvalue weighted by molar-refractivity contribution is -0.116. The minimum atomic E-state index is -0.167. The van der Waals surface area contributed by atoms with Crippen molar-refractivity contribution < 1.29 is 14.0 Å². The fourth-order valence-electron chi connectivity index (χ4n) is 4.58. The summed E-state index contributed by atoms with van der Waals surface area (Å²) in [5.74, 6) is 1.53. The van der Waals surface area contributed by atoms with Gasteiger partial charge in [-0.3, -0.25) is 14.5 Å². The van der Waals surface area contributed by atoms with Crippen molar-refractivity contribution in [2.45, 2.75) is 39.8 Å². The second kappa shape index (κ2) is 10.3. The molecule has 4 aromatic rings. The Hall–Kier alpha value is -3.98. The molecule has 1 aliphatic rings. The van der Waals surface area contributed by atoms with E-state index in [0.717, 1.165) is 35.5 Å². The number of benzene rings is 2. The normalized spacial score (nSPS) is 14.7. The molecular formula is C27H30N6O3. The van der Waals surface area contributed by atoms with Crippen molar-refractivity contribution in [3.63, 3.8) is 0 Å². The van der Waals surface area contributed by atoms with E-state index in [9.17, 15) is 9.59 Å². The van der Waals surface area contributed by atoms with Gasteiger partial charge in [-0.15, -0.1) is 10.2 Å². The van der Waals surface area contributed by atoms with Gasteiger partial charge in [-0.05, 0) is 62.2 Å². The van der Waals surface area contributed by atoms with E-state index >= 15 is 0 Å². The second-order valence-corrected chi connectivity index (χ2v) is 9.45. The first-order valence-corrected chi connectivity index (χ1v) is 12.2. The molecule has 9 heteroatoms. The monoisotopic (exact) mass is 486 g/mol. The van der Waals surface area contributed by atoms with Gasteiger partial charge in [0, 0.05) is 35.4 Å². The molecule has 3 heterocycles. The molecule has 186 valence electrons. The smallest absolute Gasteiger partial charge is 0.249 e. The van der Waals surface area contributed by atoms with E-state index in [0.29, 0.717) is 29.7 Å². The molecule has 0 aliphatic carbocycles. The predicted molar refractivity (Wildman–Crippen MR) is 138 cm³/mol. The maximum absolute atomic E-state index is 12.8. The van der Waals surface area contributed by atoms with E-state index in [4.69, 9.17) is 4.42 Å². The highest BCUT2D eigenvalue weighted by Gasteiger charge is 2.20. The fraction of sp³-hybridized carbons (Fsp3) is 0.333. The van der Waals surface area contributed by atoms with Crippen LogP contribution in [0.3, 0.4) is 0 Å². The van der Waals surface area contributed by atoms with Gasteiger partial charge >= 0.3 is 0 Å². The SMILES string of the molecule is CC(=O)Nc1ccc(NC(=O)Cn2cc(-c3nnc(CN4CCC(C)CC4)o3)c3ccccc32)cc1. The summed E-state index contributed by atoms with van der Waals surface area (Å²) < 4.78 is 7.94. The van der Waals surface area contributed by atoms with Crippen molar-refractivity contribution in [3.8, 4) is 11.5 Å². The number of rotatable bonds is 7. The minimum Gasteiger partial charge on any atom is -0.419 e. The molecule has 0 atom stereocenters. The molecule has 0 radical (unpaired) electrons. The van der Waals surface area contributed by atoms with Gasteiger partial charge in [-0.2, -0.15) is 0 Å². The second-order valence-electron chi connectivity index (χ2n) is 9.45. The molecular weight excluding hydrogens is 456 g/mol. The Morgan fingerprint density at radius 3 is 2.42 bits per heavy atom. The molecule has 2 aromatic heterocycles. The number of nitrogens with zero attached hydrogens (tertiary/aromatic N) is 4. The Balaban J connectivity index is 1.30. The average molecular weight is 487 g/mol. The van der Waals surface area contributed by atoms with Gasteiger partial charge in [-0.25, -0.2) is 0 Å². The van der Waals surface area contributed by atoms with E-state index < -0.39 is 0 Å². The van der Waals surface area contributed by atoms with E-state index in [1.807, 2.05) is 35.0 Å². The van der Waals surface area contributed by atoms with Crippen molar-refractivity contribution >= 4 is 34.1 Å². The maximum Gasteiger partial charge on any atom is 0.249 e. The highest BCUT2D eigenvalue weighted by atomic mass is 16.4. The number of carbonyl (C=O) groups is 2. The molecule has 1 saturated heterocycles. The van der Waals surface area contributed by atoms with Crippen LogP contribution in [0.2, 0.25) is 0 Å². The first-order chi connectivity index (χ1) is 17.4. The van der Waals surface area contributed by atoms with Crippen LogP contribution < -0.4 is 10.6 Å². The molecule has 1 aliphatic heterocycles. The molecule has 2 amide bonds. The van der Waals surface area contributed by atoms with E-state index in [1.54, 1.807) is 24.3 Å². The van der Waals surface area contributed by atoms with E-state index in [2.05, 4.69) is 32.7 Å². The molecule has 0 spiro atoms. The standard InChI is InChI=1S/C27H30N6O3/c1-18-11-13-32(14-12-18)17-26-30-31-27(36-26)23-15-33(24-6-4-3-5-22(23)24)16-25(35)29-21-9-7-20(8-10-21)28-19(2)34/h3-10,15,18H,11-14,16-17H2,1-2H3,(H,28,34)(H,29,35). The minimum absolute atomic E-state index is 0.126. The molecule has 1 fully saturated rings. The number of carbonyl (C=O) groups excluding carboxylic acids is 2. The average Bonchev–Trinajstić information content (AvgIpc) is 3.46. The van der Waals surface area contributed by atoms with E-state index in [-0.39, 0.29) is 18.4 Å². The summed E-state index contributed by atoms with van der Waals surface area (Å²) in [5, 5.41) is 15.2. The van der Waals surface area contributed by atoms with Crippen LogP contribution in [0, 0.1) is 5.92 Å². The quantitative estimate of drug-likeness (QED) is 0.398. The highest BCUT2D eigenvalue weighted by molar-refractivity contribution is 5.97. The van der Waals surface area contributed by atoms with Crippen LogP contribution in [0.5, 0.6) is 0 Å². The van der Waals surface area contributed by atoms with Crippen LogP contribution in [-0.2, 0) is 22.7 Å². The molecule has 0 saturated carbocycles. The lowest BCUT2D eigenvalue weighted by Gasteiger charge is -2.28. The van der Waals surface area contributed by atoms with Gasteiger partial charge in [0.25, 0.3) is 0 Å². The summed E-state index contributed by atoms with van der Waals surface area (Å²) in [6.45, 7) is 6.62. The van der Waals surface area contributed by atoms with Gasteiger partial charge in [0.15, 0.2) is 0 Å². The molecule has 9 nitrogen and oxygen atoms in total. The van der Waals surface area contributed by atoms with E-state index in [1.165, 1.54) is 19.8 Å². The number of hydrogen-bond acceptors (Lipinski definition) is 6. The van der Waals surface area contributed by atoms with Crippen molar-refractivity contribution in [1.29, 1.82) is 0 Å². The lowest BCUT2D eigenvalue weighted by atomic mass is 9.99. The van der Waals surface area contributed by atoms with Crippen LogP contribution in [0.1, 0.15) is 32.6 Å². The van der Waals surface area contributed by atoms with Crippen LogP contribution in [0.25, 0.3) is 22.4 Å². The summed E-state index contributed by atoms with van der Waals surface area (Å²) in [7, 11) is 0. The molecule has 2 N–H and O–H groups in total. The zero-order valence-electron chi connectivity index (χ0n) is 20.5. The molecule has 0 unspecified atom stereocenters. The number of likely N-dealkylation sites (tertiary alicyclic amines) is 1. The van der Waals surface area contributed by atoms with Gasteiger partial charge in [0.2, 0.25) is 23.6 Å². The molecule has 5 rings (SSSR count). The number of anilines is 2. The Morgan fingerprint density at radius 2 is 1.69 bits per heavy atom. The van der Waals surface area contributed by atoms with Crippen LogP contribution in [0.15, 0.2) is 59.1 Å². The third-order valence-electron chi connectivity index (χ3n) is 6.52. The van der Waals surface area contributed by atoms with Crippen molar-refractivity contribution in [2.24, 2.45) is 5.92 Å². The molecule has 2 aromatic carbocycles. The largest absolute Gasteiger partial charge is 0.419 e. The third kappa shape index (κ3) is 5.46. The summed E-state index contributed by atoms with van der Waals surface area (Å²) >= 11 is 0. The van der Waals surface area contributed by atoms with Crippen LogP contribution in [-0.4, -0.2) is 44.6 Å². The lowest BCUT2D eigenvalue weighted by Crippen LogP contribution is -2.32. The summed E-state index contributed by atoms with van der Waals surface area (Å²) in [6, 6.07) is 14.9. The Kier molecular flexibility index (Phi) is 6.81. The first-order valence-electron chi connectivity index (χ1n) is 12.2. The third-order valence-corrected chi connectivity index (χ3v) is 6.52. The van der Waals surface area contributed by atoms with Gasteiger partial charge in [0.05, 0.1) is 12.1 Å². The number of amides is 2. The topological polar surface area (TPSA) is 105 Å². The Labute approximate surface area is 209 Å². The van der Waals surface area contributed by atoms with Crippen LogP contribution in [0.4, 0.5) is 11.4 Å². The Morgan fingerprint density at radius 1 is 1.00 bits per heavy atom. The number of nitrogens with one attached hydrogen (secondary N) is 2. The molecule has 0 bridgehead atoms. The fourth-order valence-corrected chi connectivity index (χ4v) is 4.58. The van der Waals surface area contributed by atoms with Crippen molar-refractivity contribution in [3.05, 3.63) is 60.6 Å². The zero-order valence-corrected chi connectivity index (χ0v) is 20.5. The van der Waals surface area contributed by atoms with Crippen molar-refractivity contribution in [1.82, 2.24) is 19.7 Å². The number of hydrogen-bond donors (Lipinski definition) is 2. The maximum atomic E-state index is 12.8. The first kappa shape index (κ1) is 23.7. The summed E-state index contributed by atoms with van der Waals surface area (Å²) in [5.41, 5.74) is 3.05. The summed E-state index contributed by atoms with van der Waals surface area (Å²) in [6.07, 6.45) is 4.27. The number of para-hydroxylation sites is 1. The van der Waals surface area contributed by atoms with Gasteiger partial charge in [0.1, 0.15) is 6.54 Å². The number of fused-ring (bicyclic) bond motifs is 1. The number of piperidine rings is 1.